The number of benzene rings is 1. The molecular formula is C16H28NO4+. The number of nitrogens with one attached hydrogen (secondary N) is 1. The van der Waals surface area contributed by atoms with Gasteiger partial charge in [0.25, 0.3) is 0 Å². The third-order valence-corrected chi connectivity index (χ3v) is 3.42. The van der Waals surface area contributed by atoms with Crippen molar-refractivity contribution in [1.82, 2.24) is 0 Å². The van der Waals surface area contributed by atoms with Gasteiger partial charge in [-0.25, -0.2) is 0 Å². The van der Waals surface area contributed by atoms with E-state index in [1.165, 1.54) is 5.56 Å². The van der Waals surface area contributed by atoms with Crippen LogP contribution < -0.4 is 9.64 Å². The fraction of sp³-hybridized carbons (Fsp3) is 0.625. The van der Waals surface area contributed by atoms with Crippen LogP contribution in [0.1, 0.15) is 18.1 Å². The maximum absolute atomic E-state index is 10.0. The Morgan fingerprint density at radius 3 is 2.38 bits per heavy atom. The van der Waals surface area contributed by atoms with Crippen molar-refractivity contribution in [3.63, 3.8) is 0 Å². The van der Waals surface area contributed by atoms with Gasteiger partial charge < -0.3 is 25.0 Å². The average Bonchev–Trinajstić information content (AvgIpc) is 2.45. The first-order valence-electron chi connectivity index (χ1n) is 7.55. The normalized spacial score (nSPS) is 12.7. The molecule has 120 valence electrons. The summed E-state index contributed by atoms with van der Waals surface area (Å²) in [6.07, 6.45) is 0.328. The summed E-state index contributed by atoms with van der Waals surface area (Å²) >= 11 is 0. The number of hydrogen-bond donors (Lipinski definition) is 4. The number of quaternary nitrogens is 1. The zero-order valence-electron chi connectivity index (χ0n) is 13.0. The second-order valence-electron chi connectivity index (χ2n) is 5.37. The highest BCUT2D eigenvalue weighted by Gasteiger charge is 2.15. The molecule has 0 spiro atoms. The highest BCUT2D eigenvalue weighted by molar-refractivity contribution is 5.33. The lowest BCUT2D eigenvalue weighted by molar-refractivity contribution is -0.903. The van der Waals surface area contributed by atoms with Crippen molar-refractivity contribution in [3.05, 3.63) is 29.3 Å². The van der Waals surface area contributed by atoms with Crippen molar-refractivity contribution in [2.24, 2.45) is 0 Å². The molecule has 0 aliphatic heterocycles. The fourth-order valence-electron chi connectivity index (χ4n) is 2.34. The number of aliphatic hydroxyl groups excluding tert-OH is 3. The molecule has 0 aliphatic rings. The third-order valence-electron chi connectivity index (χ3n) is 3.42. The van der Waals surface area contributed by atoms with E-state index >= 15 is 0 Å². The number of hydrogen-bond acceptors (Lipinski definition) is 4. The summed E-state index contributed by atoms with van der Waals surface area (Å²) < 4.78 is 5.66. The molecule has 0 aromatic heterocycles. The second-order valence-corrected chi connectivity index (χ2v) is 5.37. The molecule has 4 N–H and O–H groups in total. The van der Waals surface area contributed by atoms with Gasteiger partial charge in [0.05, 0.1) is 13.2 Å². The lowest BCUT2D eigenvalue weighted by atomic mass is 10.1. The van der Waals surface area contributed by atoms with Crippen LogP contribution in [0.15, 0.2) is 18.2 Å². The molecule has 0 saturated carbocycles. The molecule has 0 unspecified atom stereocenters. The van der Waals surface area contributed by atoms with E-state index in [2.05, 4.69) is 13.0 Å². The van der Waals surface area contributed by atoms with Gasteiger partial charge in [-0.15, -0.1) is 0 Å². The predicted molar refractivity (Wildman–Crippen MR) is 81.8 cm³/mol. The van der Waals surface area contributed by atoms with Crippen LogP contribution in [0.3, 0.4) is 0 Å². The van der Waals surface area contributed by atoms with Crippen LogP contribution in [0, 0.1) is 6.92 Å². The van der Waals surface area contributed by atoms with Crippen LogP contribution in [0.4, 0.5) is 0 Å². The lowest BCUT2D eigenvalue weighted by Gasteiger charge is -2.21. The van der Waals surface area contributed by atoms with E-state index < -0.39 is 6.10 Å². The number of ether oxygens (including phenoxy) is 1. The Morgan fingerprint density at radius 1 is 1.14 bits per heavy atom. The molecule has 0 saturated heterocycles. The van der Waals surface area contributed by atoms with Crippen molar-refractivity contribution in [2.75, 3.05) is 39.5 Å². The first-order valence-corrected chi connectivity index (χ1v) is 7.55. The molecule has 0 radical (unpaired) electrons. The predicted octanol–water partition coefficient (Wildman–Crippen LogP) is -0.833. The Bertz CT molecular complexity index is 405. The molecular weight excluding hydrogens is 270 g/mol. The highest BCUT2D eigenvalue weighted by atomic mass is 16.5. The minimum absolute atomic E-state index is 0.0423. The van der Waals surface area contributed by atoms with E-state index in [4.69, 9.17) is 14.9 Å². The van der Waals surface area contributed by atoms with Crippen molar-refractivity contribution >= 4 is 0 Å². The number of aryl methyl sites for hydroxylation is 2. The fourth-order valence-corrected chi connectivity index (χ4v) is 2.34. The molecule has 5 nitrogen and oxygen atoms in total. The van der Waals surface area contributed by atoms with Crippen molar-refractivity contribution < 1.29 is 25.0 Å². The van der Waals surface area contributed by atoms with Crippen LogP contribution in [-0.4, -0.2) is 60.9 Å². The Hall–Kier alpha value is -1.14. The van der Waals surface area contributed by atoms with Crippen LogP contribution in [0.5, 0.6) is 5.75 Å². The first kappa shape index (κ1) is 17.9. The van der Waals surface area contributed by atoms with Crippen molar-refractivity contribution in [3.8, 4) is 5.75 Å². The van der Waals surface area contributed by atoms with Gasteiger partial charge in [0.2, 0.25) is 0 Å². The van der Waals surface area contributed by atoms with Gasteiger partial charge >= 0.3 is 0 Å². The van der Waals surface area contributed by atoms with Crippen LogP contribution in [-0.2, 0) is 6.42 Å². The zero-order chi connectivity index (χ0) is 15.7. The summed E-state index contributed by atoms with van der Waals surface area (Å²) in [6, 6.07) is 6.07. The number of aliphatic hydroxyl groups is 3. The Labute approximate surface area is 126 Å². The molecule has 0 bridgehead atoms. The first-order chi connectivity index (χ1) is 10.1. The lowest BCUT2D eigenvalue weighted by Crippen LogP contribution is -3.14. The molecule has 1 aromatic carbocycles. The Kier molecular flexibility index (Phi) is 8.30. The largest absolute Gasteiger partial charge is 0.491 e. The summed E-state index contributed by atoms with van der Waals surface area (Å²) in [4.78, 5) is 0.967. The summed E-state index contributed by atoms with van der Waals surface area (Å²) in [5.41, 5.74) is 2.36. The smallest absolute Gasteiger partial charge is 0.137 e. The van der Waals surface area contributed by atoms with Crippen LogP contribution >= 0.6 is 0 Å². The van der Waals surface area contributed by atoms with E-state index in [0.717, 1.165) is 22.6 Å². The van der Waals surface area contributed by atoms with Gasteiger partial charge in [-0.3, -0.25) is 0 Å². The van der Waals surface area contributed by atoms with E-state index in [9.17, 15) is 5.11 Å². The van der Waals surface area contributed by atoms with Gasteiger partial charge in [-0.05, 0) is 36.6 Å². The Morgan fingerprint density at radius 2 is 1.81 bits per heavy atom. The molecule has 5 heteroatoms. The minimum Gasteiger partial charge on any atom is -0.491 e. The molecule has 0 aliphatic carbocycles. The zero-order valence-corrected chi connectivity index (χ0v) is 13.0. The SMILES string of the molecule is CCc1cc(C)cc(OC[C@@H](O)C[NH+](CCO)CCO)c1. The maximum Gasteiger partial charge on any atom is 0.137 e. The van der Waals surface area contributed by atoms with Crippen LogP contribution in [0.25, 0.3) is 0 Å². The van der Waals surface area contributed by atoms with Gasteiger partial charge in [0, 0.05) is 0 Å². The molecule has 0 amide bonds. The quantitative estimate of drug-likeness (QED) is 0.455. The highest BCUT2D eigenvalue weighted by Crippen LogP contribution is 2.17. The van der Waals surface area contributed by atoms with Crippen LogP contribution in [0.2, 0.25) is 0 Å². The molecule has 21 heavy (non-hydrogen) atoms. The van der Waals surface area contributed by atoms with E-state index in [0.29, 0.717) is 19.6 Å². The molecule has 1 atom stereocenters. The van der Waals surface area contributed by atoms with Crippen molar-refractivity contribution in [2.45, 2.75) is 26.4 Å². The van der Waals surface area contributed by atoms with E-state index in [1.54, 1.807) is 0 Å². The molecule has 0 fully saturated rings. The second kappa shape index (κ2) is 9.73. The van der Waals surface area contributed by atoms with Gasteiger partial charge in [-0.1, -0.05) is 13.0 Å². The van der Waals surface area contributed by atoms with Gasteiger partial charge in [0.1, 0.15) is 38.1 Å². The van der Waals surface area contributed by atoms with Crippen molar-refractivity contribution in [1.29, 1.82) is 0 Å². The summed E-state index contributed by atoms with van der Waals surface area (Å²) in [7, 11) is 0. The average molecular weight is 298 g/mol. The molecule has 1 aromatic rings. The summed E-state index contributed by atoms with van der Waals surface area (Å²) in [5.74, 6) is 0.775. The molecule has 0 heterocycles. The van der Waals surface area contributed by atoms with Gasteiger partial charge in [0.15, 0.2) is 0 Å². The van der Waals surface area contributed by atoms with E-state index in [1.807, 2.05) is 19.1 Å². The van der Waals surface area contributed by atoms with E-state index in [-0.39, 0.29) is 19.8 Å². The minimum atomic E-state index is -0.622. The summed E-state index contributed by atoms with van der Waals surface area (Å²) in [5, 5.41) is 27.9. The monoisotopic (exact) mass is 298 g/mol. The topological polar surface area (TPSA) is 74.4 Å². The Balaban J connectivity index is 2.48. The number of rotatable bonds is 10. The van der Waals surface area contributed by atoms with Gasteiger partial charge in [-0.2, -0.15) is 0 Å². The standard InChI is InChI=1S/C16H27NO4/c1-3-14-8-13(2)9-16(10-14)21-12-15(20)11-17(4-6-18)5-7-19/h8-10,15,18-20H,3-7,11-12H2,1-2H3/p+1/t15-/m0/s1. The molecule has 1 rings (SSSR count). The summed E-state index contributed by atoms with van der Waals surface area (Å²) in [6.45, 7) is 5.90. The maximum atomic E-state index is 10.0. The third kappa shape index (κ3) is 6.91.